The molecule has 0 aliphatic carbocycles. The molecular weight excluding hydrogens is 350 g/mol. The van der Waals surface area contributed by atoms with E-state index < -0.39 is 16.0 Å². The fraction of sp³-hybridized carbons (Fsp3) is 0.0909. The van der Waals surface area contributed by atoms with Gasteiger partial charge in [-0.3, -0.25) is 9.40 Å². The molecule has 1 aromatic carbocycles. The molecule has 0 aliphatic heterocycles. The summed E-state index contributed by atoms with van der Waals surface area (Å²) in [5.74, 6) is -0.931. The number of sulfonamides is 1. The van der Waals surface area contributed by atoms with Gasteiger partial charge in [0.1, 0.15) is 5.82 Å². The molecule has 106 valence electrons. The Morgan fingerprint density at radius 2 is 2.10 bits per heavy atom. The second-order valence-electron chi connectivity index (χ2n) is 3.89. The molecule has 0 atom stereocenters. The quantitative estimate of drug-likeness (QED) is 0.864. The topological polar surface area (TPSA) is 101 Å². The van der Waals surface area contributed by atoms with Gasteiger partial charge in [0.05, 0.1) is 16.7 Å². The van der Waals surface area contributed by atoms with Crippen LogP contribution in [0, 0.1) is 0 Å². The smallest absolute Gasteiger partial charge is 0.336 e. The molecule has 0 saturated heterocycles. The van der Waals surface area contributed by atoms with Gasteiger partial charge in [0.15, 0.2) is 0 Å². The Kier molecular flexibility index (Phi) is 3.82. The van der Waals surface area contributed by atoms with E-state index in [-0.39, 0.29) is 16.3 Å². The summed E-state index contributed by atoms with van der Waals surface area (Å²) in [6.07, 6.45) is 1.45. The van der Waals surface area contributed by atoms with Gasteiger partial charge >= 0.3 is 5.97 Å². The zero-order chi connectivity index (χ0) is 14.9. The molecular formula is C11H10BrN3O4S. The molecule has 2 N–H and O–H groups in total. The number of hydrogen-bond donors (Lipinski definition) is 2. The first-order valence-corrected chi connectivity index (χ1v) is 7.62. The summed E-state index contributed by atoms with van der Waals surface area (Å²) in [5, 5.41) is 12.8. The van der Waals surface area contributed by atoms with Crippen molar-refractivity contribution in [3.8, 4) is 0 Å². The van der Waals surface area contributed by atoms with Crippen LogP contribution in [0.5, 0.6) is 0 Å². The highest BCUT2D eigenvalue weighted by molar-refractivity contribution is 9.10. The lowest BCUT2D eigenvalue weighted by Gasteiger charge is -2.09. The third-order valence-electron chi connectivity index (χ3n) is 2.54. The third kappa shape index (κ3) is 2.83. The predicted octanol–water partition coefficient (Wildman–Crippen LogP) is 1.68. The fourth-order valence-electron chi connectivity index (χ4n) is 1.51. The molecule has 0 saturated carbocycles. The summed E-state index contributed by atoms with van der Waals surface area (Å²) in [7, 11) is -2.29. The van der Waals surface area contributed by atoms with Gasteiger partial charge in [0.2, 0.25) is 0 Å². The standard InChI is InChI=1S/C11H10BrN3O4S/c1-15-10(4-5-13-15)14-20(18,19)7-2-3-9(12)8(6-7)11(16)17/h2-6,14H,1H3,(H,16,17). The average Bonchev–Trinajstić information content (AvgIpc) is 2.74. The van der Waals surface area contributed by atoms with E-state index in [0.717, 1.165) is 6.07 Å². The van der Waals surface area contributed by atoms with E-state index in [4.69, 9.17) is 5.11 Å². The van der Waals surface area contributed by atoms with Crippen molar-refractivity contribution in [3.63, 3.8) is 0 Å². The summed E-state index contributed by atoms with van der Waals surface area (Å²) >= 11 is 3.06. The number of hydrogen-bond acceptors (Lipinski definition) is 4. The molecule has 1 heterocycles. The van der Waals surface area contributed by atoms with Crippen LogP contribution in [0.2, 0.25) is 0 Å². The zero-order valence-electron chi connectivity index (χ0n) is 10.2. The Labute approximate surface area is 123 Å². The highest BCUT2D eigenvalue weighted by Gasteiger charge is 2.19. The van der Waals surface area contributed by atoms with E-state index >= 15 is 0 Å². The number of nitrogens with one attached hydrogen (secondary N) is 1. The van der Waals surface area contributed by atoms with Crippen LogP contribution in [0.25, 0.3) is 0 Å². The molecule has 0 aliphatic rings. The molecule has 9 heteroatoms. The Bertz CT molecular complexity index is 770. The minimum Gasteiger partial charge on any atom is -0.478 e. The van der Waals surface area contributed by atoms with E-state index in [0.29, 0.717) is 4.47 Å². The van der Waals surface area contributed by atoms with Gasteiger partial charge in [-0.05, 0) is 34.1 Å². The summed E-state index contributed by atoms with van der Waals surface area (Å²) in [6, 6.07) is 5.27. The second kappa shape index (κ2) is 5.25. The molecule has 1 aromatic heterocycles. The first kappa shape index (κ1) is 14.5. The number of anilines is 1. The Hall–Kier alpha value is -1.87. The lowest BCUT2D eigenvalue weighted by molar-refractivity contribution is 0.0695. The lowest BCUT2D eigenvalue weighted by atomic mass is 10.2. The van der Waals surface area contributed by atoms with Gasteiger partial charge in [0, 0.05) is 17.6 Å². The first-order valence-electron chi connectivity index (χ1n) is 5.35. The van der Waals surface area contributed by atoms with Crippen LogP contribution >= 0.6 is 15.9 Å². The minimum absolute atomic E-state index is 0.127. The summed E-state index contributed by atoms with van der Waals surface area (Å²) < 4.78 is 28.4. The number of aromatic nitrogens is 2. The number of halogens is 1. The van der Waals surface area contributed by atoms with Crippen LogP contribution in [-0.2, 0) is 17.1 Å². The number of carboxylic acids is 1. The SMILES string of the molecule is Cn1nccc1NS(=O)(=O)c1ccc(Br)c(C(=O)O)c1. The van der Waals surface area contributed by atoms with Crippen molar-refractivity contribution in [2.24, 2.45) is 7.05 Å². The van der Waals surface area contributed by atoms with Crippen LogP contribution < -0.4 is 4.72 Å². The van der Waals surface area contributed by atoms with E-state index in [2.05, 4.69) is 25.8 Å². The lowest BCUT2D eigenvalue weighted by Crippen LogP contribution is -2.16. The molecule has 0 fully saturated rings. The Balaban J connectivity index is 2.42. The monoisotopic (exact) mass is 359 g/mol. The number of carboxylic acid groups (broad SMARTS) is 1. The third-order valence-corrected chi connectivity index (χ3v) is 4.58. The summed E-state index contributed by atoms with van der Waals surface area (Å²) in [6.45, 7) is 0. The second-order valence-corrected chi connectivity index (χ2v) is 6.43. The van der Waals surface area contributed by atoms with Crippen molar-refractivity contribution in [2.45, 2.75) is 4.90 Å². The van der Waals surface area contributed by atoms with Crippen molar-refractivity contribution in [3.05, 3.63) is 40.5 Å². The van der Waals surface area contributed by atoms with E-state index in [9.17, 15) is 13.2 Å². The van der Waals surface area contributed by atoms with E-state index in [1.165, 1.54) is 29.1 Å². The normalized spacial score (nSPS) is 11.3. The first-order chi connectivity index (χ1) is 9.31. The number of rotatable bonds is 4. The number of aryl methyl sites for hydroxylation is 1. The van der Waals surface area contributed by atoms with Crippen molar-refractivity contribution in [1.29, 1.82) is 0 Å². The van der Waals surface area contributed by atoms with Gasteiger partial charge in [-0.15, -0.1) is 0 Å². The maximum absolute atomic E-state index is 12.2. The largest absolute Gasteiger partial charge is 0.478 e. The maximum Gasteiger partial charge on any atom is 0.336 e. The van der Waals surface area contributed by atoms with E-state index in [1.807, 2.05) is 0 Å². The Morgan fingerprint density at radius 1 is 1.40 bits per heavy atom. The molecule has 0 bridgehead atoms. The van der Waals surface area contributed by atoms with Crippen LogP contribution in [-0.4, -0.2) is 29.3 Å². The molecule has 0 spiro atoms. The highest BCUT2D eigenvalue weighted by atomic mass is 79.9. The summed E-state index contributed by atoms with van der Waals surface area (Å²) in [5.41, 5.74) is -0.127. The molecule has 0 radical (unpaired) electrons. The fourth-order valence-corrected chi connectivity index (χ4v) is 3.04. The molecule has 2 rings (SSSR count). The predicted molar refractivity (Wildman–Crippen MR) is 75.1 cm³/mol. The van der Waals surface area contributed by atoms with Crippen molar-refractivity contribution in [1.82, 2.24) is 9.78 Å². The van der Waals surface area contributed by atoms with Crippen molar-refractivity contribution >= 4 is 37.7 Å². The van der Waals surface area contributed by atoms with Gasteiger partial charge in [0.25, 0.3) is 10.0 Å². The highest BCUT2D eigenvalue weighted by Crippen LogP contribution is 2.22. The summed E-state index contributed by atoms with van der Waals surface area (Å²) in [4.78, 5) is 10.9. The van der Waals surface area contributed by atoms with Gasteiger partial charge in [-0.2, -0.15) is 5.10 Å². The number of nitrogens with zero attached hydrogens (tertiary/aromatic N) is 2. The molecule has 20 heavy (non-hydrogen) atoms. The number of carbonyl (C=O) groups is 1. The van der Waals surface area contributed by atoms with Crippen molar-refractivity contribution < 1.29 is 18.3 Å². The maximum atomic E-state index is 12.2. The number of benzene rings is 1. The van der Waals surface area contributed by atoms with E-state index in [1.54, 1.807) is 7.05 Å². The zero-order valence-corrected chi connectivity index (χ0v) is 12.6. The van der Waals surface area contributed by atoms with Gasteiger partial charge < -0.3 is 5.11 Å². The minimum atomic E-state index is -3.87. The van der Waals surface area contributed by atoms with Crippen molar-refractivity contribution in [2.75, 3.05) is 4.72 Å². The molecule has 0 amide bonds. The number of aromatic carboxylic acids is 1. The molecule has 7 nitrogen and oxygen atoms in total. The van der Waals surface area contributed by atoms with Crippen LogP contribution in [0.4, 0.5) is 5.82 Å². The Morgan fingerprint density at radius 3 is 2.65 bits per heavy atom. The average molecular weight is 360 g/mol. The molecule has 2 aromatic rings. The van der Waals surface area contributed by atoms with Gasteiger partial charge in [-0.25, -0.2) is 13.2 Å². The van der Waals surface area contributed by atoms with Crippen LogP contribution in [0.15, 0.2) is 39.8 Å². The van der Waals surface area contributed by atoms with Crippen LogP contribution in [0.3, 0.4) is 0 Å². The van der Waals surface area contributed by atoms with Gasteiger partial charge in [-0.1, -0.05) is 0 Å². The van der Waals surface area contributed by atoms with Crippen LogP contribution in [0.1, 0.15) is 10.4 Å². The molecule has 0 unspecified atom stereocenters.